The molecule has 0 heterocycles. The predicted octanol–water partition coefficient (Wildman–Crippen LogP) is 3.81. The van der Waals surface area contributed by atoms with E-state index in [0.29, 0.717) is 17.9 Å². The lowest BCUT2D eigenvalue weighted by Gasteiger charge is -2.08. The molecule has 2 aromatic rings. The van der Waals surface area contributed by atoms with Gasteiger partial charge in [-0.3, -0.25) is 0 Å². The average Bonchev–Trinajstić information content (AvgIpc) is 2.45. The van der Waals surface area contributed by atoms with Gasteiger partial charge in [0.05, 0.1) is 12.7 Å². The summed E-state index contributed by atoms with van der Waals surface area (Å²) < 4.78 is 11.1. The number of methoxy groups -OCH3 is 1. The van der Waals surface area contributed by atoms with Gasteiger partial charge in [0, 0.05) is 4.47 Å². The highest BCUT2D eigenvalue weighted by atomic mass is 79.9. The molecule has 0 aliphatic rings. The quantitative estimate of drug-likeness (QED) is 0.803. The molecule has 2 rings (SSSR count). The first-order valence-corrected chi connectivity index (χ1v) is 6.54. The number of benzene rings is 2. The molecule has 0 fully saturated rings. The van der Waals surface area contributed by atoms with Gasteiger partial charge in [-0.25, -0.2) is 4.79 Å². The molecule has 2 aromatic carbocycles. The highest BCUT2D eigenvalue weighted by molar-refractivity contribution is 9.10. The van der Waals surface area contributed by atoms with Crippen molar-refractivity contribution in [2.75, 3.05) is 7.11 Å². The molecule has 0 aromatic heterocycles. The number of hydrogen-bond acceptors (Lipinski definition) is 3. The van der Waals surface area contributed by atoms with Gasteiger partial charge in [0.2, 0.25) is 0 Å². The van der Waals surface area contributed by atoms with E-state index in [4.69, 9.17) is 9.47 Å². The molecule has 0 radical (unpaired) electrons. The molecule has 0 aliphatic heterocycles. The Bertz CT molecular complexity index is 567. The number of rotatable bonds is 4. The molecule has 98 valence electrons. The van der Waals surface area contributed by atoms with Crippen molar-refractivity contribution < 1.29 is 14.3 Å². The van der Waals surface area contributed by atoms with Crippen molar-refractivity contribution in [2.24, 2.45) is 0 Å². The average molecular weight is 321 g/mol. The summed E-state index contributed by atoms with van der Waals surface area (Å²) in [7, 11) is 1.35. The first-order valence-electron chi connectivity index (χ1n) is 5.74. The Morgan fingerprint density at radius 1 is 1.16 bits per heavy atom. The summed E-state index contributed by atoms with van der Waals surface area (Å²) in [5.74, 6) is 0.240. The van der Waals surface area contributed by atoms with Gasteiger partial charge in [0.25, 0.3) is 0 Å². The molecular weight excluding hydrogens is 308 g/mol. The Kier molecular flexibility index (Phi) is 4.58. The Hall–Kier alpha value is -1.81. The Balaban J connectivity index is 2.12. The van der Waals surface area contributed by atoms with Crippen LogP contribution in [0.5, 0.6) is 5.75 Å². The molecule has 0 bridgehead atoms. The minimum atomic E-state index is -0.383. The fourth-order valence-corrected chi connectivity index (χ4v) is 2.09. The van der Waals surface area contributed by atoms with E-state index in [2.05, 4.69) is 15.9 Å². The third-order valence-electron chi connectivity index (χ3n) is 2.54. The topological polar surface area (TPSA) is 35.5 Å². The van der Waals surface area contributed by atoms with Crippen molar-refractivity contribution >= 4 is 21.9 Å². The summed E-state index contributed by atoms with van der Waals surface area (Å²) in [5.41, 5.74) is 1.53. The maximum atomic E-state index is 11.5. The van der Waals surface area contributed by atoms with Gasteiger partial charge in [0.1, 0.15) is 12.4 Å². The number of hydrogen-bond donors (Lipinski definition) is 0. The second-order valence-corrected chi connectivity index (χ2v) is 4.86. The van der Waals surface area contributed by atoms with Crippen LogP contribution in [0, 0.1) is 0 Å². The Morgan fingerprint density at radius 2 is 1.89 bits per heavy atom. The molecule has 0 saturated carbocycles. The SMILES string of the molecule is COC(=O)c1cc(Br)cc(OCc2ccccc2)c1. The first-order chi connectivity index (χ1) is 9.19. The second kappa shape index (κ2) is 6.38. The van der Waals surface area contributed by atoms with Crippen LogP contribution in [-0.2, 0) is 11.3 Å². The maximum Gasteiger partial charge on any atom is 0.338 e. The molecule has 0 unspecified atom stereocenters. The van der Waals surface area contributed by atoms with Crippen molar-refractivity contribution in [2.45, 2.75) is 6.61 Å². The van der Waals surface area contributed by atoms with E-state index < -0.39 is 0 Å². The Morgan fingerprint density at radius 3 is 2.58 bits per heavy atom. The highest BCUT2D eigenvalue weighted by Gasteiger charge is 2.08. The summed E-state index contributed by atoms with van der Waals surface area (Å²) in [6.45, 7) is 0.456. The maximum absolute atomic E-state index is 11.5. The van der Waals surface area contributed by atoms with Crippen LogP contribution < -0.4 is 4.74 Å². The predicted molar refractivity (Wildman–Crippen MR) is 76.3 cm³/mol. The van der Waals surface area contributed by atoms with E-state index in [-0.39, 0.29) is 5.97 Å². The van der Waals surface area contributed by atoms with Crippen LogP contribution in [0.15, 0.2) is 53.0 Å². The lowest BCUT2D eigenvalue weighted by atomic mass is 10.2. The summed E-state index contributed by atoms with van der Waals surface area (Å²) in [6, 6.07) is 15.0. The summed E-state index contributed by atoms with van der Waals surface area (Å²) in [5, 5.41) is 0. The summed E-state index contributed by atoms with van der Waals surface area (Å²) >= 11 is 3.35. The van der Waals surface area contributed by atoms with Gasteiger partial charge < -0.3 is 9.47 Å². The number of esters is 1. The Labute approximate surface area is 120 Å². The van der Waals surface area contributed by atoms with Gasteiger partial charge >= 0.3 is 5.97 Å². The molecule has 0 saturated heterocycles. The molecular formula is C15H13BrO3. The third-order valence-corrected chi connectivity index (χ3v) is 3.00. The molecule has 4 heteroatoms. The highest BCUT2D eigenvalue weighted by Crippen LogP contribution is 2.23. The van der Waals surface area contributed by atoms with Crippen LogP contribution in [0.1, 0.15) is 15.9 Å². The molecule has 0 spiro atoms. The van der Waals surface area contributed by atoms with Gasteiger partial charge in [-0.1, -0.05) is 46.3 Å². The fourth-order valence-electron chi connectivity index (χ4n) is 1.62. The molecule has 0 atom stereocenters. The first kappa shape index (κ1) is 13.6. The normalized spacial score (nSPS) is 10.0. The lowest BCUT2D eigenvalue weighted by molar-refractivity contribution is 0.0600. The molecule has 0 amide bonds. The zero-order chi connectivity index (χ0) is 13.7. The van der Waals surface area contributed by atoms with Crippen molar-refractivity contribution in [3.05, 3.63) is 64.1 Å². The molecule has 0 N–H and O–H groups in total. The standard InChI is InChI=1S/C15H13BrO3/c1-18-15(17)12-7-13(16)9-14(8-12)19-10-11-5-3-2-4-6-11/h2-9H,10H2,1H3. The van der Waals surface area contributed by atoms with Gasteiger partial charge in [-0.15, -0.1) is 0 Å². The van der Waals surface area contributed by atoms with E-state index in [9.17, 15) is 4.79 Å². The van der Waals surface area contributed by atoms with Crippen LogP contribution in [0.2, 0.25) is 0 Å². The second-order valence-electron chi connectivity index (χ2n) is 3.94. The minimum absolute atomic E-state index is 0.383. The smallest absolute Gasteiger partial charge is 0.338 e. The number of carbonyl (C=O) groups is 1. The molecule has 3 nitrogen and oxygen atoms in total. The van der Waals surface area contributed by atoms with Gasteiger partial charge in [-0.2, -0.15) is 0 Å². The van der Waals surface area contributed by atoms with Crippen LogP contribution in [0.4, 0.5) is 0 Å². The lowest BCUT2D eigenvalue weighted by Crippen LogP contribution is -2.02. The number of halogens is 1. The van der Waals surface area contributed by atoms with E-state index in [1.54, 1.807) is 12.1 Å². The fraction of sp³-hybridized carbons (Fsp3) is 0.133. The van der Waals surface area contributed by atoms with E-state index >= 15 is 0 Å². The van der Waals surface area contributed by atoms with Crippen molar-refractivity contribution in [1.29, 1.82) is 0 Å². The van der Waals surface area contributed by atoms with E-state index in [1.807, 2.05) is 36.4 Å². The zero-order valence-electron chi connectivity index (χ0n) is 10.4. The van der Waals surface area contributed by atoms with E-state index in [0.717, 1.165) is 10.0 Å². The van der Waals surface area contributed by atoms with Crippen LogP contribution in [0.25, 0.3) is 0 Å². The molecule has 0 aliphatic carbocycles. The summed E-state index contributed by atoms with van der Waals surface area (Å²) in [6.07, 6.45) is 0. The largest absolute Gasteiger partial charge is 0.489 e. The zero-order valence-corrected chi connectivity index (χ0v) is 12.0. The van der Waals surface area contributed by atoms with Crippen molar-refractivity contribution in [3.63, 3.8) is 0 Å². The van der Waals surface area contributed by atoms with Crippen LogP contribution >= 0.6 is 15.9 Å². The van der Waals surface area contributed by atoms with E-state index in [1.165, 1.54) is 7.11 Å². The van der Waals surface area contributed by atoms with Gasteiger partial charge in [0.15, 0.2) is 0 Å². The monoisotopic (exact) mass is 320 g/mol. The summed E-state index contributed by atoms with van der Waals surface area (Å²) in [4.78, 5) is 11.5. The minimum Gasteiger partial charge on any atom is -0.489 e. The third kappa shape index (κ3) is 3.83. The van der Waals surface area contributed by atoms with Crippen LogP contribution in [0.3, 0.4) is 0 Å². The number of carbonyl (C=O) groups excluding carboxylic acids is 1. The van der Waals surface area contributed by atoms with Crippen molar-refractivity contribution in [3.8, 4) is 5.75 Å². The van der Waals surface area contributed by atoms with Crippen LogP contribution in [-0.4, -0.2) is 13.1 Å². The van der Waals surface area contributed by atoms with Gasteiger partial charge in [-0.05, 0) is 23.8 Å². The number of ether oxygens (including phenoxy) is 2. The molecule has 19 heavy (non-hydrogen) atoms. The van der Waals surface area contributed by atoms with Crippen molar-refractivity contribution in [1.82, 2.24) is 0 Å².